The number of Topliss-reactive ketones (excluding diaryl/α,β-unsaturated/α-hetero) is 1. The third-order valence-corrected chi connectivity index (χ3v) is 12.1. The Labute approximate surface area is 179 Å². The second-order valence-electron chi connectivity index (χ2n) is 11.2. The Kier molecular flexibility index (Phi) is 7.63. The third-order valence-electron chi connectivity index (χ3n) is 7.61. The molecule has 1 aliphatic carbocycles. The number of carbonyl (C=O) groups is 1. The van der Waals surface area contributed by atoms with Crippen LogP contribution in [0.25, 0.3) is 0 Å². The van der Waals surface area contributed by atoms with Gasteiger partial charge in [-0.15, -0.1) is 0 Å². The number of allylic oxidation sites excluding steroid dienone is 1. The van der Waals surface area contributed by atoms with Crippen molar-refractivity contribution < 1.29 is 18.7 Å². The van der Waals surface area contributed by atoms with E-state index in [0.29, 0.717) is 12.4 Å². The lowest BCUT2D eigenvalue weighted by molar-refractivity contribution is -0.159. The predicted molar refractivity (Wildman–Crippen MR) is 121 cm³/mol. The average molecular weight is 425 g/mol. The summed E-state index contributed by atoms with van der Waals surface area (Å²) in [5.41, 5.74) is 0.911. The Balaban J connectivity index is 2.03. The molecule has 3 atom stereocenters. The molecule has 1 aliphatic heterocycles. The van der Waals surface area contributed by atoms with Gasteiger partial charge in [-0.1, -0.05) is 39.3 Å². The Morgan fingerprint density at radius 3 is 2.45 bits per heavy atom. The van der Waals surface area contributed by atoms with Crippen LogP contribution in [0.15, 0.2) is 12.2 Å². The lowest BCUT2D eigenvalue weighted by Crippen LogP contribution is -2.47. The van der Waals surface area contributed by atoms with Crippen LogP contribution in [0.4, 0.5) is 0 Å². The lowest BCUT2D eigenvalue weighted by atomic mass is 9.59. The number of carbonyl (C=O) groups excluding carboxylic acids is 1. The number of hydrogen-bond acceptors (Lipinski definition) is 4. The fraction of sp³-hybridized carbons (Fsp3) is 0.875. The van der Waals surface area contributed by atoms with Crippen LogP contribution in [0.1, 0.15) is 80.1 Å². The van der Waals surface area contributed by atoms with Crippen molar-refractivity contribution in [3.8, 4) is 0 Å². The first-order chi connectivity index (χ1) is 13.2. The van der Waals surface area contributed by atoms with Gasteiger partial charge in [-0.2, -0.15) is 0 Å². The minimum absolute atomic E-state index is 0.0329. The zero-order valence-electron chi connectivity index (χ0n) is 20.2. The highest BCUT2D eigenvalue weighted by Gasteiger charge is 2.51. The van der Waals surface area contributed by atoms with E-state index in [9.17, 15) is 4.79 Å². The molecule has 1 heterocycles. The van der Waals surface area contributed by atoms with Gasteiger partial charge in [0.15, 0.2) is 14.1 Å². The molecule has 0 bridgehead atoms. The fourth-order valence-electron chi connectivity index (χ4n) is 4.60. The smallest absolute Gasteiger partial charge is 0.191 e. The molecule has 1 saturated carbocycles. The first-order valence-corrected chi connectivity index (χ1v) is 14.2. The zero-order valence-corrected chi connectivity index (χ0v) is 21.2. The largest absolute Gasteiger partial charge is 0.417 e. The van der Waals surface area contributed by atoms with Gasteiger partial charge in [-0.3, -0.25) is 4.79 Å². The fourth-order valence-corrected chi connectivity index (χ4v) is 5.69. The van der Waals surface area contributed by atoms with Crippen molar-refractivity contribution >= 4 is 14.1 Å². The minimum Gasteiger partial charge on any atom is -0.417 e. The second kappa shape index (κ2) is 8.94. The van der Waals surface area contributed by atoms with Crippen LogP contribution in [0, 0.1) is 11.3 Å². The highest BCUT2D eigenvalue weighted by molar-refractivity contribution is 6.74. The van der Waals surface area contributed by atoms with Gasteiger partial charge < -0.3 is 13.9 Å². The maximum absolute atomic E-state index is 13.0. The Morgan fingerprint density at radius 2 is 1.93 bits per heavy atom. The number of ketones is 1. The van der Waals surface area contributed by atoms with E-state index in [2.05, 4.69) is 40.4 Å². The maximum Gasteiger partial charge on any atom is 0.191 e. The molecule has 0 aromatic rings. The molecule has 2 aliphatic rings. The first kappa shape index (κ1) is 24.8. The highest BCUT2D eigenvalue weighted by Crippen LogP contribution is 2.51. The van der Waals surface area contributed by atoms with Crippen molar-refractivity contribution in [2.45, 2.75) is 110 Å². The zero-order chi connectivity index (χ0) is 22.1. The average Bonchev–Trinajstić information content (AvgIpc) is 2.94. The van der Waals surface area contributed by atoms with Crippen LogP contribution in [-0.2, 0) is 18.7 Å². The summed E-state index contributed by atoms with van der Waals surface area (Å²) in [5.74, 6) is -0.110. The topological polar surface area (TPSA) is 44.8 Å². The second-order valence-corrected chi connectivity index (χ2v) is 16.0. The van der Waals surface area contributed by atoms with Gasteiger partial charge in [-0.25, -0.2) is 0 Å². The molecule has 0 aromatic heterocycles. The van der Waals surface area contributed by atoms with E-state index < -0.39 is 14.1 Å². The van der Waals surface area contributed by atoms with E-state index in [-0.39, 0.29) is 22.5 Å². The molecule has 2 rings (SSSR count). The first-order valence-electron chi connectivity index (χ1n) is 11.3. The van der Waals surface area contributed by atoms with Crippen molar-refractivity contribution in [2.75, 3.05) is 13.2 Å². The number of ether oxygens (including phenoxy) is 2. The van der Waals surface area contributed by atoms with Gasteiger partial charge >= 0.3 is 0 Å². The summed E-state index contributed by atoms with van der Waals surface area (Å²) in [6.45, 7) is 22.7. The Morgan fingerprint density at radius 1 is 1.28 bits per heavy atom. The standard InChI is InChI=1S/C24H44O4Si/c1-18-12-14-24(19(2)25,20(16-18)21-17-26-23(6,7)28-21)13-10-11-15-27-29(8,9)22(3,4)5/h20-21H,1,10-17H2,2-9H3/t20-,21+,24-/m1/s1. The summed E-state index contributed by atoms with van der Waals surface area (Å²) in [6.07, 6.45) is 5.57. The summed E-state index contributed by atoms with van der Waals surface area (Å²) in [5, 5.41) is 0.231. The lowest BCUT2D eigenvalue weighted by Gasteiger charge is -2.45. The van der Waals surface area contributed by atoms with Gasteiger partial charge in [0.25, 0.3) is 0 Å². The van der Waals surface area contributed by atoms with Gasteiger partial charge in [0, 0.05) is 17.9 Å². The molecule has 29 heavy (non-hydrogen) atoms. The normalized spacial score (nSPS) is 30.6. The molecular weight excluding hydrogens is 380 g/mol. The van der Waals surface area contributed by atoms with Crippen LogP contribution in [0.2, 0.25) is 18.1 Å². The minimum atomic E-state index is -1.71. The number of unbranched alkanes of at least 4 members (excludes halogenated alkanes) is 1. The molecule has 0 radical (unpaired) electrons. The van der Waals surface area contributed by atoms with Crippen molar-refractivity contribution in [2.24, 2.45) is 11.3 Å². The molecule has 2 fully saturated rings. The van der Waals surface area contributed by atoms with E-state index in [1.165, 1.54) is 5.57 Å². The number of hydrogen-bond donors (Lipinski definition) is 0. The van der Waals surface area contributed by atoms with Crippen LogP contribution in [0.3, 0.4) is 0 Å². The van der Waals surface area contributed by atoms with E-state index >= 15 is 0 Å². The van der Waals surface area contributed by atoms with Crippen LogP contribution < -0.4 is 0 Å². The Bertz CT molecular complexity index is 604. The van der Waals surface area contributed by atoms with Crippen molar-refractivity contribution in [3.63, 3.8) is 0 Å². The van der Waals surface area contributed by atoms with Crippen LogP contribution in [-0.4, -0.2) is 39.2 Å². The molecule has 168 valence electrons. The summed E-state index contributed by atoms with van der Waals surface area (Å²) in [7, 11) is -1.71. The highest BCUT2D eigenvalue weighted by atomic mass is 28.4. The molecule has 0 aromatic carbocycles. The molecule has 0 N–H and O–H groups in total. The Hall–Kier alpha value is -0.493. The van der Waals surface area contributed by atoms with Crippen molar-refractivity contribution in [1.29, 1.82) is 0 Å². The molecule has 0 unspecified atom stereocenters. The summed E-state index contributed by atoms with van der Waals surface area (Å²) >= 11 is 0. The van der Waals surface area contributed by atoms with E-state index in [4.69, 9.17) is 13.9 Å². The van der Waals surface area contributed by atoms with E-state index in [1.807, 2.05) is 13.8 Å². The SMILES string of the molecule is C=C1CC[C@](CCCCO[Si](C)(C)C(C)(C)C)(C(C)=O)[C@@H]([C@@H]2COC(C)(C)O2)C1. The third kappa shape index (κ3) is 5.81. The maximum atomic E-state index is 13.0. The number of rotatable bonds is 8. The summed E-state index contributed by atoms with van der Waals surface area (Å²) in [4.78, 5) is 13.0. The van der Waals surface area contributed by atoms with Gasteiger partial charge in [0.1, 0.15) is 5.78 Å². The molecule has 1 saturated heterocycles. The van der Waals surface area contributed by atoms with E-state index in [1.54, 1.807) is 6.92 Å². The predicted octanol–water partition coefficient (Wildman–Crippen LogP) is 6.26. The molecular formula is C24H44O4Si. The van der Waals surface area contributed by atoms with Gasteiger partial charge in [-0.05, 0) is 71.0 Å². The van der Waals surface area contributed by atoms with Gasteiger partial charge in [0.05, 0.1) is 12.7 Å². The van der Waals surface area contributed by atoms with E-state index in [0.717, 1.165) is 45.1 Å². The molecule has 4 nitrogen and oxygen atoms in total. The molecule has 0 spiro atoms. The van der Waals surface area contributed by atoms with Crippen molar-refractivity contribution in [1.82, 2.24) is 0 Å². The van der Waals surface area contributed by atoms with Crippen molar-refractivity contribution in [3.05, 3.63) is 12.2 Å². The molecule has 5 heteroatoms. The summed E-state index contributed by atoms with van der Waals surface area (Å²) < 4.78 is 18.4. The quantitative estimate of drug-likeness (QED) is 0.262. The van der Waals surface area contributed by atoms with Gasteiger partial charge in [0.2, 0.25) is 0 Å². The monoisotopic (exact) mass is 424 g/mol. The molecule has 0 amide bonds. The van der Waals surface area contributed by atoms with Crippen LogP contribution >= 0.6 is 0 Å². The van der Waals surface area contributed by atoms with Crippen LogP contribution in [0.5, 0.6) is 0 Å². The summed E-state index contributed by atoms with van der Waals surface area (Å²) in [6, 6.07) is 0.